The highest BCUT2D eigenvalue weighted by atomic mass is 79.9. The van der Waals surface area contributed by atoms with Crippen molar-refractivity contribution in [1.29, 1.82) is 0 Å². The molecule has 1 N–H and O–H groups in total. The number of esters is 2. The number of nitrogens with one attached hydrogen (secondary N) is 1. The van der Waals surface area contributed by atoms with E-state index in [4.69, 9.17) is 9.47 Å². The Kier molecular flexibility index (Phi) is 8.59. The minimum absolute atomic E-state index is 0.0341. The van der Waals surface area contributed by atoms with E-state index < -0.39 is 30.4 Å². The first kappa shape index (κ1) is 24.4. The number of rotatable bonds is 9. The van der Waals surface area contributed by atoms with Crippen LogP contribution < -0.4 is 10.2 Å². The van der Waals surface area contributed by atoms with Gasteiger partial charge >= 0.3 is 11.9 Å². The molecule has 0 bridgehead atoms. The number of benzene rings is 2. The minimum Gasteiger partial charge on any atom is -0.462 e. The molecule has 3 rings (SSSR count). The van der Waals surface area contributed by atoms with Gasteiger partial charge in [0, 0.05) is 28.8 Å². The lowest BCUT2D eigenvalue weighted by molar-refractivity contribution is -0.151. The SMILES string of the molecule is CCCCOC(=O)c1ccc(NC(=O)COC(=O)[C@@H]2CC(=O)N(c3ccc(Br)cc3)C2)cc1. The summed E-state index contributed by atoms with van der Waals surface area (Å²) in [6.07, 6.45) is 1.77. The first-order valence-electron chi connectivity index (χ1n) is 10.7. The van der Waals surface area contributed by atoms with Crippen LogP contribution in [-0.4, -0.2) is 43.5 Å². The summed E-state index contributed by atoms with van der Waals surface area (Å²) >= 11 is 3.35. The number of nitrogens with zero attached hydrogens (tertiary/aromatic N) is 1. The molecule has 2 amide bonds. The van der Waals surface area contributed by atoms with Crippen molar-refractivity contribution in [2.75, 3.05) is 30.0 Å². The largest absolute Gasteiger partial charge is 0.462 e. The van der Waals surface area contributed by atoms with Gasteiger partial charge in [-0.25, -0.2) is 4.79 Å². The second-order valence-corrected chi connectivity index (χ2v) is 8.52. The highest BCUT2D eigenvalue weighted by Crippen LogP contribution is 2.27. The lowest BCUT2D eigenvalue weighted by Crippen LogP contribution is -2.28. The Labute approximate surface area is 200 Å². The Hall–Kier alpha value is -3.20. The quantitative estimate of drug-likeness (QED) is 0.400. The third kappa shape index (κ3) is 6.89. The highest BCUT2D eigenvalue weighted by molar-refractivity contribution is 9.10. The maximum Gasteiger partial charge on any atom is 0.338 e. The molecule has 1 fully saturated rings. The molecule has 1 saturated heterocycles. The summed E-state index contributed by atoms with van der Waals surface area (Å²) in [5.41, 5.74) is 1.55. The van der Waals surface area contributed by atoms with E-state index in [0.717, 1.165) is 17.3 Å². The molecule has 2 aromatic rings. The molecule has 174 valence electrons. The lowest BCUT2D eigenvalue weighted by Gasteiger charge is -2.16. The summed E-state index contributed by atoms with van der Waals surface area (Å²) < 4.78 is 11.1. The lowest BCUT2D eigenvalue weighted by atomic mass is 10.1. The average Bonchev–Trinajstić information content (AvgIpc) is 3.20. The Bertz CT molecular complexity index is 1010. The van der Waals surface area contributed by atoms with Crippen LogP contribution in [0.25, 0.3) is 0 Å². The van der Waals surface area contributed by atoms with Gasteiger partial charge in [-0.05, 0) is 55.0 Å². The normalized spacial score (nSPS) is 15.3. The molecule has 1 heterocycles. The van der Waals surface area contributed by atoms with Crippen LogP contribution in [-0.2, 0) is 23.9 Å². The Morgan fingerprint density at radius 1 is 1.06 bits per heavy atom. The topological polar surface area (TPSA) is 102 Å². The van der Waals surface area contributed by atoms with Gasteiger partial charge in [0.05, 0.1) is 18.1 Å². The number of carbonyl (C=O) groups excluding carboxylic acids is 4. The van der Waals surface area contributed by atoms with Gasteiger partial charge in [0.2, 0.25) is 5.91 Å². The van der Waals surface area contributed by atoms with Crippen LogP contribution in [0.5, 0.6) is 0 Å². The molecule has 0 aromatic heterocycles. The summed E-state index contributed by atoms with van der Waals surface area (Å²) in [5, 5.41) is 2.60. The minimum atomic E-state index is -0.632. The molecule has 9 heteroatoms. The number of ether oxygens (including phenoxy) is 2. The van der Waals surface area contributed by atoms with E-state index in [9.17, 15) is 19.2 Å². The van der Waals surface area contributed by atoms with Gasteiger partial charge in [0.25, 0.3) is 5.91 Å². The van der Waals surface area contributed by atoms with Crippen LogP contribution >= 0.6 is 15.9 Å². The second kappa shape index (κ2) is 11.6. The van der Waals surface area contributed by atoms with Crippen LogP contribution in [0.4, 0.5) is 11.4 Å². The molecule has 2 aromatic carbocycles. The number of unbranched alkanes of at least 4 members (excludes halogenated alkanes) is 1. The van der Waals surface area contributed by atoms with Gasteiger partial charge < -0.3 is 19.7 Å². The van der Waals surface area contributed by atoms with Gasteiger partial charge in [-0.3, -0.25) is 14.4 Å². The number of amides is 2. The summed E-state index contributed by atoms with van der Waals surface area (Å²) in [7, 11) is 0. The molecule has 1 aliphatic rings. The van der Waals surface area contributed by atoms with Crippen molar-refractivity contribution in [3.8, 4) is 0 Å². The zero-order valence-electron chi connectivity index (χ0n) is 18.2. The maximum absolute atomic E-state index is 12.4. The van der Waals surface area contributed by atoms with Crippen molar-refractivity contribution in [2.45, 2.75) is 26.2 Å². The van der Waals surface area contributed by atoms with Crippen LogP contribution in [0.1, 0.15) is 36.5 Å². The van der Waals surface area contributed by atoms with Crippen molar-refractivity contribution in [3.63, 3.8) is 0 Å². The third-order valence-corrected chi connectivity index (χ3v) is 5.61. The number of hydrogen-bond donors (Lipinski definition) is 1. The van der Waals surface area contributed by atoms with Crippen LogP contribution in [0.2, 0.25) is 0 Å². The summed E-state index contributed by atoms with van der Waals surface area (Å²) in [6.45, 7) is 2.11. The molecule has 0 spiro atoms. The van der Waals surface area contributed by atoms with E-state index in [-0.39, 0.29) is 18.9 Å². The fourth-order valence-corrected chi connectivity index (χ4v) is 3.53. The van der Waals surface area contributed by atoms with Crippen molar-refractivity contribution in [3.05, 3.63) is 58.6 Å². The number of carbonyl (C=O) groups is 4. The fourth-order valence-electron chi connectivity index (χ4n) is 3.27. The molecule has 0 radical (unpaired) electrons. The van der Waals surface area contributed by atoms with Gasteiger partial charge in [0.1, 0.15) is 0 Å². The Morgan fingerprint density at radius 2 is 1.76 bits per heavy atom. The van der Waals surface area contributed by atoms with E-state index in [0.29, 0.717) is 23.5 Å². The van der Waals surface area contributed by atoms with E-state index >= 15 is 0 Å². The van der Waals surface area contributed by atoms with E-state index in [1.165, 1.54) is 4.90 Å². The Morgan fingerprint density at radius 3 is 2.42 bits per heavy atom. The summed E-state index contributed by atoms with van der Waals surface area (Å²) in [6, 6.07) is 13.5. The number of halogens is 1. The van der Waals surface area contributed by atoms with Gasteiger partial charge in [-0.15, -0.1) is 0 Å². The van der Waals surface area contributed by atoms with Gasteiger partial charge in [-0.2, -0.15) is 0 Å². The van der Waals surface area contributed by atoms with Crippen molar-refractivity contribution in [2.24, 2.45) is 5.92 Å². The van der Waals surface area contributed by atoms with Crippen molar-refractivity contribution >= 4 is 51.1 Å². The molecular formula is C24H25BrN2O6. The van der Waals surface area contributed by atoms with Gasteiger partial charge in [0.15, 0.2) is 6.61 Å². The first-order chi connectivity index (χ1) is 15.9. The standard InChI is InChI=1S/C24H25BrN2O6/c1-2-3-12-32-23(30)16-4-8-19(9-5-16)26-21(28)15-33-24(31)17-13-22(29)27(14-17)20-10-6-18(25)7-11-20/h4-11,17H,2-3,12-15H2,1H3,(H,26,28)/t17-/m1/s1. The van der Waals surface area contributed by atoms with E-state index in [1.807, 2.05) is 19.1 Å². The number of hydrogen-bond acceptors (Lipinski definition) is 6. The smallest absolute Gasteiger partial charge is 0.338 e. The van der Waals surface area contributed by atoms with Crippen LogP contribution in [0.15, 0.2) is 53.0 Å². The van der Waals surface area contributed by atoms with Gasteiger partial charge in [-0.1, -0.05) is 29.3 Å². The molecule has 33 heavy (non-hydrogen) atoms. The highest BCUT2D eigenvalue weighted by Gasteiger charge is 2.36. The monoisotopic (exact) mass is 516 g/mol. The maximum atomic E-state index is 12.4. The molecule has 1 atom stereocenters. The molecule has 0 aliphatic carbocycles. The predicted octanol–water partition coefficient (Wildman–Crippen LogP) is 3.94. The molecular weight excluding hydrogens is 492 g/mol. The molecule has 1 aliphatic heterocycles. The zero-order valence-corrected chi connectivity index (χ0v) is 19.8. The molecule has 0 saturated carbocycles. The summed E-state index contributed by atoms with van der Waals surface area (Å²) in [5.74, 6) is -2.33. The van der Waals surface area contributed by atoms with Crippen LogP contribution in [0.3, 0.4) is 0 Å². The number of anilines is 2. The second-order valence-electron chi connectivity index (χ2n) is 7.60. The third-order valence-electron chi connectivity index (χ3n) is 5.08. The molecule has 0 unspecified atom stereocenters. The van der Waals surface area contributed by atoms with E-state index in [2.05, 4.69) is 21.2 Å². The zero-order chi connectivity index (χ0) is 23.8. The van der Waals surface area contributed by atoms with Crippen molar-refractivity contribution < 1.29 is 28.7 Å². The van der Waals surface area contributed by atoms with Crippen molar-refractivity contribution in [1.82, 2.24) is 0 Å². The average molecular weight is 517 g/mol. The predicted molar refractivity (Wildman–Crippen MR) is 126 cm³/mol. The first-order valence-corrected chi connectivity index (χ1v) is 11.5. The van der Waals surface area contributed by atoms with Crippen LogP contribution in [0, 0.1) is 5.92 Å². The van der Waals surface area contributed by atoms with E-state index in [1.54, 1.807) is 36.4 Å². The molecule has 8 nitrogen and oxygen atoms in total. The fraction of sp³-hybridized carbons (Fsp3) is 0.333. The Balaban J connectivity index is 1.45. The summed E-state index contributed by atoms with van der Waals surface area (Å²) in [4.78, 5) is 50.3.